The third-order valence-corrected chi connectivity index (χ3v) is 9.29. The Morgan fingerprint density at radius 3 is 1.31 bits per heavy atom. The van der Waals surface area contributed by atoms with E-state index < -0.39 is 20.5 Å². The summed E-state index contributed by atoms with van der Waals surface area (Å²) in [5, 5.41) is 0. The molecule has 29 heavy (non-hydrogen) atoms. The van der Waals surface area contributed by atoms with Crippen LogP contribution in [0.4, 0.5) is 5.69 Å². The Hall–Kier alpha value is -2.24. The lowest BCUT2D eigenvalue weighted by molar-refractivity contribution is -0.122. The number of hydrogen-bond donors (Lipinski definition) is 0. The highest BCUT2D eigenvalue weighted by Crippen LogP contribution is 2.70. The SMILES string of the molecule is O=C1[C@@H]2[C@@H](C(=O)N1c1ccccc1)C1(Br)c3ccccc3C2(Br)c2ccccc21. The Labute approximate surface area is 185 Å². The van der Waals surface area contributed by atoms with Crippen molar-refractivity contribution in [3.8, 4) is 0 Å². The molecule has 2 amide bonds. The van der Waals surface area contributed by atoms with Crippen LogP contribution in [0.5, 0.6) is 0 Å². The molecule has 7 rings (SSSR count). The molecule has 2 bridgehead atoms. The van der Waals surface area contributed by atoms with Gasteiger partial charge < -0.3 is 0 Å². The summed E-state index contributed by atoms with van der Waals surface area (Å²) in [7, 11) is 0. The molecule has 142 valence electrons. The molecular weight excluding hydrogens is 494 g/mol. The van der Waals surface area contributed by atoms with Crippen molar-refractivity contribution in [1.29, 1.82) is 0 Å². The van der Waals surface area contributed by atoms with E-state index in [4.69, 9.17) is 0 Å². The highest BCUT2D eigenvalue weighted by atomic mass is 79.9. The lowest BCUT2D eigenvalue weighted by Crippen LogP contribution is -2.56. The zero-order valence-corrected chi connectivity index (χ0v) is 18.4. The normalized spacial score (nSPS) is 31.4. The number of carbonyl (C=O) groups excluding carboxylic acids is 2. The van der Waals surface area contributed by atoms with Crippen molar-refractivity contribution in [2.45, 2.75) is 8.65 Å². The van der Waals surface area contributed by atoms with E-state index in [1.807, 2.05) is 54.6 Å². The van der Waals surface area contributed by atoms with Crippen molar-refractivity contribution in [2.75, 3.05) is 4.90 Å². The van der Waals surface area contributed by atoms with Crippen LogP contribution in [0.2, 0.25) is 0 Å². The summed E-state index contributed by atoms with van der Waals surface area (Å²) in [5.41, 5.74) is 4.82. The number of benzene rings is 3. The number of anilines is 1. The molecule has 1 saturated heterocycles. The third-order valence-electron chi connectivity index (χ3n) is 6.60. The van der Waals surface area contributed by atoms with Crippen molar-refractivity contribution in [1.82, 2.24) is 0 Å². The molecule has 4 aliphatic rings. The van der Waals surface area contributed by atoms with Gasteiger partial charge in [-0.25, -0.2) is 4.90 Å². The highest BCUT2D eigenvalue weighted by Gasteiger charge is 2.72. The molecule has 0 spiro atoms. The molecule has 3 aromatic rings. The quantitative estimate of drug-likeness (QED) is 0.339. The maximum Gasteiger partial charge on any atom is 0.239 e. The average molecular weight is 509 g/mol. The first kappa shape index (κ1) is 17.6. The first-order chi connectivity index (χ1) is 14.0. The number of hydrogen-bond acceptors (Lipinski definition) is 2. The molecule has 3 aliphatic carbocycles. The molecule has 0 saturated carbocycles. The smallest absolute Gasteiger partial charge is 0.239 e. The molecule has 1 aliphatic heterocycles. The van der Waals surface area contributed by atoms with Crippen LogP contribution < -0.4 is 4.90 Å². The van der Waals surface area contributed by atoms with E-state index in [0.717, 1.165) is 22.3 Å². The predicted molar refractivity (Wildman–Crippen MR) is 118 cm³/mol. The standard InChI is InChI=1S/C24H15Br2NO2/c25-23-15-10-4-5-11-16(15)24(26,18-13-7-6-12-17(18)23)20-19(23)21(28)27(22(20)29)14-8-2-1-3-9-14/h1-13,19-20H/t19-,20-,23?,24?/m0/s1. The number of alkyl halides is 2. The molecule has 0 unspecified atom stereocenters. The third kappa shape index (κ3) is 1.89. The van der Waals surface area contributed by atoms with Gasteiger partial charge in [-0.2, -0.15) is 0 Å². The monoisotopic (exact) mass is 507 g/mol. The minimum absolute atomic E-state index is 0.157. The maximum atomic E-state index is 13.8. The largest absolute Gasteiger partial charge is 0.274 e. The van der Waals surface area contributed by atoms with Gasteiger partial charge in [0, 0.05) is 0 Å². The molecular formula is C24H15Br2NO2. The summed E-state index contributed by atoms with van der Waals surface area (Å²) in [6, 6.07) is 25.4. The Balaban J connectivity index is 1.69. The maximum absolute atomic E-state index is 13.8. The van der Waals surface area contributed by atoms with E-state index in [9.17, 15) is 9.59 Å². The molecule has 5 heteroatoms. The second-order valence-electron chi connectivity index (χ2n) is 7.82. The van der Waals surface area contributed by atoms with Crippen molar-refractivity contribution < 1.29 is 9.59 Å². The van der Waals surface area contributed by atoms with Gasteiger partial charge in [0.05, 0.1) is 26.2 Å². The van der Waals surface area contributed by atoms with Crippen LogP contribution in [0.3, 0.4) is 0 Å². The summed E-state index contributed by atoms with van der Waals surface area (Å²) in [4.78, 5) is 28.9. The number of carbonyl (C=O) groups is 2. The first-order valence-corrected chi connectivity index (χ1v) is 11.1. The fraction of sp³-hybridized carbons (Fsp3) is 0.167. The number of imide groups is 1. The number of halogens is 2. The lowest BCUT2D eigenvalue weighted by atomic mass is 9.54. The van der Waals surface area contributed by atoms with E-state index in [1.54, 1.807) is 0 Å². The summed E-state index contributed by atoms with van der Waals surface area (Å²) in [6.45, 7) is 0. The Bertz CT molecular complexity index is 1080. The molecule has 1 fully saturated rings. The van der Waals surface area contributed by atoms with Crippen LogP contribution >= 0.6 is 31.9 Å². The van der Waals surface area contributed by atoms with Crippen molar-refractivity contribution in [3.05, 3.63) is 101 Å². The predicted octanol–water partition coefficient (Wildman–Crippen LogP) is 5.10. The number of nitrogens with zero attached hydrogens (tertiary/aromatic N) is 1. The van der Waals surface area contributed by atoms with Gasteiger partial charge in [0.15, 0.2) is 0 Å². The summed E-state index contributed by atoms with van der Waals surface area (Å²) < 4.78 is -1.48. The van der Waals surface area contributed by atoms with E-state index in [1.165, 1.54) is 4.90 Å². The van der Waals surface area contributed by atoms with Gasteiger partial charge in [-0.1, -0.05) is 98.6 Å². The van der Waals surface area contributed by atoms with Crippen LogP contribution in [0, 0.1) is 11.8 Å². The van der Waals surface area contributed by atoms with Crippen molar-refractivity contribution in [2.24, 2.45) is 11.8 Å². The zero-order chi connectivity index (χ0) is 20.0. The molecule has 3 aromatic carbocycles. The lowest BCUT2D eigenvalue weighted by Gasteiger charge is -2.55. The number of para-hydroxylation sites is 1. The van der Waals surface area contributed by atoms with Gasteiger partial charge in [-0.15, -0.1) is 0 Å². The average Bonchev–Trinajstić information content (AvgIpc) is 3.04. The fourth-order valence-electron chi connectivity index (χ4n) is 5.50. The summed E-state index contributed by atoms with van der Waals surface area (Å²) in [6.07, 6.45) is 0. The molecule has 1 heterocycles. The van der Waals surface area contributed by atoms with Crippen LogP contribution in [0.1, 0.15) is 22.3 Å². The van der Waals surface area contributed by atoms with Gasteiger partial charge >= 0.3 is 0 Å². The van der Waals surface area contributed by atoms with E-state index in [-0.39, 0.29) is 11.8 Å². The molecule has 0 radical (unpaired) electrons. The van der Waals surface area contributed by atoms with E-state index in [2.05, 4.69) is 56.1 Å². The minimum atomic E-state index is -0.739. The van der Waals surface area contributed by atoms with Crippen LogP contribution in [0.15, 0.2) is 78.9 Å². The van der Waals surface area contributed by atoms with Gasteiger partial charge in [-0.05, 0) is 34.4 Å². The van der Waals surface area contributed by atoms with Gasteiger partial charge in [0.25, 0.3) is 0 Å². The van der Waals surface area contributed by atoms with Crippen LogP contribution in [-0.2, 0) is 18.2 Å². The fourth-order valence-corrected chi connectivity index (χ4v) is 7.80. The van der Waals surface area contributed by atoms with Gasteiger partial charge in [-0.3, -0.25) is 9.59 Å². The second kappa shape index (κ2) is 5.67. The molecule has 0 aromatic heterocycles. The van der Waals surface area contributed by atoms with Crippen LogP contribution in [0.25, 0.3) is 0 Å². The first-order valence-electron chi connectivity index (χ1n) is 9.51. The van der Waals surface area contributed by atoms with Gasteiger partial charge in [0.1, 0.15) is 0 Å². The number of rotatable bonds is 1. The minimum Gasteiger partial charge on any atom is -0.274 e. The summed E-state index contributed by atoms with van der Waals surface area (Å²) >= 11 is 8.02. The second-order valence-corrected chi connectivity index (χ2v) is 10.3. The Kier molecular flexibility index (Phi) is 3.44. The molecule has 0 N–H and O–H groups in total. The molecule has 3 nitrogen and oxygen atoms in total. The Morgan fingerprint density at radius 1 is 0.586 bits per heavy atom. The summed E-state index contributed by atoms with van der Waals surface area (Å²) in [5.74, 6) is -1.37. The topological polar surface area (TPSA) is 37.4 Å². The van der Waals surface area contributed by atoms with E-state index in [0.29, 0.717) is 5.69 Å². The van der Waals surface area contributed by atoms with Gasteiger partial charge in [0.2, 0.25) is 11.8 Å². The van der Waals surface area contributed by atoms with Crippen LogP contribution in [-0.4, -0.2) is 11.8 Å². The molecule has 2 atom stereocenters. The van der Waals surface area contributed by atoms with Crippen molar-refractivity contribution in [3.63, 3.8) is 0 Å². The highest BCUT2D eigenvalue weighted by molar-refractivity contribution is 9.10. The van der Waals surface area contributed by atoms with E-state index >= 15 is 0 Å². The van der Waals surface area contributed by atoms with Crippen molar-refractivity contribution >= 4 is 49.4 Å². The zero-order valence-electron chi connectivity index (χ0n) is 15.2. The Morgan fingerprint density at radius 2 is 0.931 bits per heavy atom. The number of amides is 2.